The largest absolute Gasteiger partial charge is 0.487 e. The first-order valence-corrected chi connectivity index (χ1v) is 16.1. The Morgan fingerprint density at radius 2 is 1.80 bits per heavy atom. The van der Waals surface area contributed by atoms with Crippen LogP contribution in [0.5, 0.6) is 5.75 Å². The predicted molar refractivity (Wildman–Crippen MR) is 175 cm³/mol. The van der Waals surface area contributed by atoms with E-state index in [1.165, 1.54) is 49.4 Å². The Labute approximate surface area is 284 Å². The second-order valence-electron chi connectivity index (χ2n) is 9.34. The molecule has 1 aliphatic rings. The highest BCUT2D eigenvalue weighted by molar-refractivity contribution is 14.1. The summed E-state index contributed by atoms with van der Waals surface area (Å²) >= 11 is 11.0. The van der Waals surface area contributed by atoms with Crippen LogP contribution < -0.4 is 19.6 Å². The lowest BCUT2D eigenvalue weighted by Crippen LogP contribution is -2.41. The predicted octanol–water partition coefficient (Wildman–Crippen LogP) is 6.92. The summed E-state index contributed by atoms with van der Waals surface area (Å²) in [5.41, 5.74) is -1.47. The van der Waals surface area contributed by atoms with Crippen molar-refractivity contribution in [2.45, 2.75) is 25.7 Å². The third kappa shape index (κ3) is 6.89. The number of fused-ring (bicyclic) bond motifs is 1. The van der Waals surface area contributed by atoms with E-state index in [1.807, 2.05) is 6.07 Å². The monoisotopic (exact) mass is 868 g/mol. The molecule has 2 heterocycles. The van der Waals surface area contributed by atoms with Gasteiger partial charge in [0.05, 0.1) is 26.3 Å². The normalized spacial score (nSPS) is 15.2. The topological polar surface area (TPSA) is 69.9 Å². The van der Waals surface area contributed by atoms with Crippen molar-refractivity contribution in [3.8, 4) is 5.75 Å². The molecule has 0 unspecified atom stereocenters. The quantitative estimate of drug-likeness (QED) is 0.115. The zero-order chi connectivity index (χ0) is 31.8. The van der Waals surface area contributed by atoms with Crippen LogP contribution in [0, 0.1) is 13.0 Å². The summed E-state index contributed by atoms with van der Waals surface area (Å²) in [5, 5.41) is 0.320. The third-order valence-corrected chi connectivity index (χ3v) is 9.06. The molecule has 0 aliphatic carbocycles. The van der Waals surface area contributed by atoms with E-state index in [2.05, 4.69) is 50.2 Å². The van der Waals surface area contributed by atoms with Crippen molar-refractivity contribution in [1.82, 2.24) is 4.57 Å². The molecule has 0 saturated heterocycles. The van der Waals surface area contributed by atoms with Gasteiger partial charge in [-0.15, -0.1) is 0 Å². The lowest BCUT2D eigenvalue weighted by Gasteiger charge is -2.26. The molecule has 6 nitrogen and oxygen atoms in total. The summed E-state index contributed by atoms with van der Waals surface area (Å²) in [5.74, 6) is -1.19. The van der Waals surface area contributed by atoms with Crippen molar-refractivity contribution in [3.05, 3.63) is 126 Å². The minimum atomic E-state index is -5.02. The molecule has 4 aromatic rings. The minimum Gasteiger partial charge on any atom is -0.487 e. The van der Waals surface area contributed by atoms with Gasteiger partial charge in [-0.3, -0.25) is 9.36 Å². The van der Waals surface area contributed by atoms with Gasteiger partial charge in [-0.25, -0.2) is 14.2 Å². The molecule has 1 atom stereocenters. The number of nitrogens with zero attached hydrogens (tertiary/aromatic N) is 2. The first-order chi connectivity index (χ1) is 20.9. The second kappa shape index (κ2) is 13.3. The maximum Gasteiger partial charge on any atom is 0.434 e. The standard InChI is InChI=1S/C30H19ClF4I2N2O4S/c1-2-42-28(41)23-24(16-5-7-18(31)8-6-16)39-27(40)22(44-29(39)38-26(23)30(33,34)35)12-17-11-20(36)13-21(37)25(17)43-14-15-3-9-19(32)10-4-15/h3-13,24H,2,14H2,1H3/b22-12-/t24-/m1/s1. The number of rotatable bonds is 7. The van der Waals surface area contributed by atoms with E-state index in [1.54, 1.807) is 18.2 Å². The molecule has 0 amide bonds. The zero-order valence-corrected chi connectivity index (χ0v) is 28.3. The third-order valence-electron chi connectivity index (χ3n) is 6.40. The summed E-state index contributed by atoms with van der Waals surface area (Å²) in [7, 11) is 0. The van der Waals surface area contributed by atoms with Crippen molar-refractivity contribution in [3.63, 3.8) is 0 Å². The van der Waals surface area contributed by atoms with Crippen molar-refractivity contribution < 1.29 is 31.8 Å². The number of esters is 1. The van der Waals surface area contributed by atoms with Crippen LogP contribution in [-0.2, 0) is 16.1 Å². The molecule has 0 fully saturated rings. The van der Waals surface area contributed by atoms with Gasteiger partial charge in [0.1, 0.15) is 18.2 Å². The van der Waals surface area contributed by atoms with Gasteiger partial charge in [-0.05, 0) is 106 Å². The summed E-state index contributed by atoms with van der Waals surface area (Å²) in [6.07, 6.45) is -3.50. The summed E-state index contributed by atoms with van der Waals surface area (Å²) in [4.78, 5) is 30.5. The lowest BCUT2D eigenvalue weighted by atomic mass is 9.95. The Kier molecular flexibility index (Phi) is 9.87. The molecule has 3 aromatic carbocycles. The van der Waals surface area contributed by atoms with E-state index in [0.29, 0.717) is 21.9 Å². The Balaban J connectivity index is 1.71. The fourth-order valence-electron chi connectivity index (χ4n) is 4.52. The average molecular weight is 869 g/mol. The summed E-state index contributed by atoms with van der Waals surface area (Å²) < 4.78 is 70.3. The summed E-state index contributed by atoms with van der Waals surface area (Å²) in [6.45, 7) is 1.39. The number of carbonyl (C=O) groups excluding carboxylic acids is 1. The van der Waals surface area contributed by atoms with E-state index >= 15 is 0 Å². The fourth-order valence-corrected chi connectivity index (χ4v) is 7.68. The molecule has 1 aliphatic heterocycles. The highest BCUT2D eigenvalue weighted by Gasteiger charge is 2.45. The molecule has 228 valence electrons. The van der Waals surface area contributed by atoms with Crippen LogP contribution in [0.2, 0.25) is 5.02 Å². The van der Waals surface area contributed by atoms with Crippen LogP contribution in [0.1, 0.15) is 29.7 Å². The van der Waals surface area contributed by atoms with Crippen LogP contribution in [0.25, 0.3) is 6.08 Å². The van der Waals surface area contributed by atoms with E-state index in [-0.39, 0.29) is 33.9 Å². The lowest BCUT2D eigenvalue weighted by molar-refractivity contribution is -0.140. The zero-order valence-electron chi connectivity index (χ0n) is 22.4. The van der Waals surface area contributed by atoms with E-state index in [0.717, 1.165) is 23.0 Å². The molecule has 1 aromatic heterocycles. The van der Waals surface area contributed by atoms with E-state index < -0.39 is 35.0 Å². The van der Waals surface area contributed by atoms with Crippen LogP contribution >= 0.6 is 68.1 Å². The van der Waals surface area contributed by atoms with Gasteiger partial charge in [0.15, 0.2) is 10.5 Å². The molecular formula is C30H19ClF4I2N2O4S. The van der Waals surface area contributed by atoms with Crippen molar-refractivity contribution >= 4 is 80.2 Å². The van der Waals surface area contributed by atoms with Gasteiger partial charge in [0, 0.05) is 14.2 Å². The highest BCUT2D eigenvalue weighted by Crippen LogP contribution is 2.38. The molecule has 44 heavy (non-hydrogen) atoms. The number of hydrogen-bond donors (Lipinski definition) is 0. The van der Waals surface area contributed by atoms with Gasteiger partial charge in [0.2, 0.25) is 0 Å². The van der Waals surface area contributed by atoms with E-state index in [4.69, 9.17) is 21.1 Å². The van der Waals surface area contributed by atoms with Gasteiger partial charge < -0.3 is 9.47 Å². The molecule has 14 heteroatoms. The van der Waals surface area contributed by atoms with Crippen molar-refractivity contribution in [1.29, 1.82) is 0 Å². The number of alkyl halides is 3. The van der Waals surface area contributed by atoms with Crippen molar-refractivity contribution in [2.24, 2.45) is 4.99 Å². The van der Waals surface area contributed by atoms with Crippen LogP contribution in [0.15, 0.2) is 81.7 Å². The number of thiazole rings is 1. The first kappa shape index (κ1) is 32.6. The number of allylic oxidation sites excluding steroid dienone is 1. The molecule has 0 radical (unpaired) electrons. The average Bonchev–Trinajstić information content (AvgIpc) is 3.27. The maximum absolute atomic E-state index is 14.4. The smallest absolute Gasteiger partial charge is 0.434 e. The number of aromatic nitrogens is 1. The van der Waals surface area contributed by atoms with Crippen molar-refractivity contribution in [2.75, 3.05) is 6.61 Å². The van der Waals surface area contributed by atoms with Crippen LogP contribution in [-0.4, -0.2) is 23.3 Å². The number of hydrogen-bond acceptors (Lipinski definition) is 6. The van der Waals surface area contributed by atoms with Gasteiger partial charge in [-0.2, -0.15) is 13.2 Å². The van der Waals surface area contributed by atoms with Crippen LogP contribution in [0.4, 0.5) is 17.6 Å². The number of benzene rings is 3. The Morgan fingerprint density at radius 1 is 1.11 bits per heavy atom. The molecular weight excluding hydrogens is 850 g/mol. The first-order valence-electron chi connectivity index (χ1n) is 12.8. The molecule has 0 saturated carbocycles. The number of halogens is 7. The molecule has 0 bridgehead atoms. The fraction of sp³-hybridized carbons (Fsp3) is 0.167. The van der Waals surface area contributed by atoms with Gasteiger partial charge >= 0.3 is 12.1 Å². The molecule has 0 N–H and O–H groups in total. The Morgan fingerprint density at radius 3 is 2.43 bits per heavy atom. The highest BCUT2D eigenvalue weighted by atomic mass is 127. The van der Waals surface area contributed by atoms with Gasteiger partial charge in [-0.1, -0.05) is 47.2 Å². The number of ether oxygens (including phenoxy) is 2. The Bertz CT molecular complexity index is 1960. The van der Waals surface area contributed by atoms with Crippen LogP contribution in [0.3, 0.4) is 0 Å². The van der Waals surface area contributed by atoms with Gasteiger partial charge in [0.25, 0.3) is 5.56 Å². The Hall–Kier alpha value is -2.76. The summed E-state index contributed by atoms with van der Waals surface area (Å²) in [6, 6.07) is 13.8. The second-order valence-corrected chi connectivity index (χ2v) is 13.2. The molecule has 0 spiro atoms. The number of carbonyl (C=O) groups is 1. The maximum atomic E-state index is 14.4. The molecule has 5 rings (SSSR count). The van der Waals surface area contributed by atoms with E-state index in [9.17, 15) is 27.2 Å². The SMILES string of the molecule is CCOC(=O)C1=C(C(F)(F)F)N=c2s/c(=C\c3cc(I)cc(I)c3OCc3ccc(F)cc3)c(=O)n2[C@@H]1c1ccc(Cl)cc1. The minimum absolute atomic E-state index is 0.0683.